The molecule has 1 heterocycles. The molecule has 3 N–H and O–H groups in total. The van der Waals surface area contributed by atoms with Crippen LogP contribution in [0.1, 0.15) is 30.0 Å². The van der Waals surface area contributed by atoms with E-state index >= 15 is 0 Å². The Balaban J connectivity index is 2.01. The second-order valence-electron chi connectivity index (χ2n) is 4.10. The molecule has 18 heavy (non-hydrogen) atoms. The maximum Gasteiger partial charge on any atom is 0.109 e. The molecule has 0 aliphatic rings. The van der Waals surface area contributed by atoms with Crippen LogP contribution in [0.4, 0.5) is 5.69 Å². The molecule has 1 aromatic carbocycles. The lowest BCUT2D eigenvalue weighted by molar-refractivity contribution is 0.516. The Morgan fingerprint density at radius 1 is 1.44 bits per heavy atom. The molecule has 1 aromatic heterocycles. The number of benzene rings is 1. The molecule has 2 rings (SSSR count). The van der Waals surface area contributed by atoms with Crippen LogP contribution in [0.25, 0.3) is 0 Å². The summed E-state index contributed by atoms with van der Waals surface area (Å²) < 4.78 is 1.02. The summed E-state index contributed by atoms with van der Waals surface area (Å²) in [5.41, 5.74) is 7.78. The van der Waals surface area contributed by atoms with E-state index in [4.69, 9.17) is 5.73 Å². The SMILES string of the molecule is CCC(NCc1cc(N)cc(Br)c1)c1nccs1. The van der Waals surface area contributed by atoms with E-state index in [0.717, 1.165) is 28.1 Å². The predicted octanol–water partition coefficient (Wildman–Crippen LogP) is 3.73. The first-order valence-corrected chi connectivity index (χ1v) is 7.54. The van der Waals surface area contributed by atoms with Gasteiger partial charge in [0.1, 0.15) is 5.01 Å². The zero-order chi connectivity index (χ0) is 13.0. The number of hydrogen-bond donors (Lipinski definition) is 2. The molecular formula is C13H16BrN3S. The van der Waals surface area contributed by atoms with Crippen molar-refractivity contribution in [3.8, 4) is 0 Å². The molecule has 3 nitrogen and oxygen atoms in total. The number of nitrogen functional groups attached to an aromatic ring is 1. The lowest BCUT2D eigenvalue weighted by Gasteiger charge is -2.14. The fraction of sp³-hybridized carbons (Fsp3) is 0.308. The third kappa shape index (κ3) is 3.54. The number of nitrogens with two attached hydrogens (primary N) is 1. The summed E-state index contributed by atoms with van der Waals surface area (Å²) in [6.45, 7) is 2.95. The summed E-state index contributed by atoms with van der Waals surface area (Å²) in [7, 11) is 0. The van der Waals surface area contributed by atoms with E-state index in [9.17, 15) is 0 Å². The van der Waals surface area contributed by atoms with Crippen LogP contribution in [0.15, 0.2) is 34.2 Å². The van der Waals surface area contributed by atoms with Gasteiger partial charge in [-0.3, -0.25) is 0 Å². The zero-order valence-corrected chi connectivity index (χ0v) is 12.6. The summed E-state index contributed by atoms with van der Waals surface area (Å²) in [4.78, 5) is 4.36. The van der Waals surface area contributed by atoms with Gasteiger partial charge in [-0.1, -0.05) is 22.9 Å². The van der Waals surface area contributed by atoms with Crippen LogP contribution in [0.5, 0.6) is 0 Å². The minimum Gasteiger partial charge on any atom is -0.399 e. The Labute approximate surface area is 120 Å². The molecule has 0 fully saturated rings. The minimum atomic E-state index is 0.310. The molecule has 1 atom stereocenters. The Kier molecular flexibility index (Phi) is 4.74. The number of anilines is 1. The number of halogens is 1. The van der Waals surface area contributed by atoms with Crippen LogP contribution >= 0.6 is 27.3 Å². The first kappa shape index (κ1) is 13.5. The van der Waals surface area contributed by atoms with Crippen molar-refractivity contribution < 1.29 is 0 Å². The van der Waals surface area contributed by atoms with E-state index in [1.165, 1.54) is 5.56 Å². The molecule has 2 aromatic rings. The summed E-state index contributed by atoms with van der Waals surface area (Å²) in [6.07, 6.45) is 2.87. The molecule has 0 saturated carbocycles. The lowest BCUT2D eigenvalue weighted by atomic mass is 10.1. The van der Waals surface area contributed by atoms with Gasteiger partial charge >= 0.3 is 0 Å². The Morgan fingerprint density at radius 2 is 2.28 bits per heavy atom. The third-order valence-corrected chi connectivity index (χ3v) is 4.04. The van der Waals surface area contributed by atoms with Crippen molar-refractivity contribution in [1.29, 1.82) is 0 Å². The van der Waals surface area contributed by atoms with Gasteiger partial charge in [-0.15, -0.1) is 11.3 Å². The number of nitrogens with one attached hydrogen (secondary N) is 1. The van der Waals surface area contributed by atoms with Crippen molar-refractivity contribution >= 4 is 33.0 Å². The fourth-order valence-electron chi connectivity index (χ4n) is 1.83. The first-order chi connectivity index (χ1) is 8.69. The van der Waals surface area contributed by atoms with E-state index in [1.54, 1.807) is 11.3 Å². The molecule has 0 aliphatic carbocycles. The van der Waals surface area contributed by atoms with Crippen molar-refractivity contribution in [2.24, 2.45) is 0 Å². The molecule has 1 unspecified atom stereocenters. The van der Waals surface area contributed by atoms with Crippen LogP contribution in [0, 0.1) is 0 Å². The average molecular weight is 326 g/mol. The van der Waals surface area contributed by atoms with E-state index in [1.807, 2.05) is 23.7 Å². The van der Waals surface area contributed by atoms with Gasteiger partial charge in [0.25, 0.3) is 0 Å². The van der Waals surface area contributed by atoms with Crippen molar-refractivity contribution in [3.63, 3.8) is 0 Å². The second kappa shape index (κ2) is 6.31. The van der Waals surface area contributed by atoms with Crippen LogP contribution in [0.2, 0.25) is 0 Å². The lowest BCUT2D eigenvalue weighted by Crippen LogP contribution is -2.20. The Bertz CT molecular complexity index is 479. The normalized spacial score (nSPS) is 12.6. The first-order valence-electron chi connectivity index (χ1n) is 5.86. The minimum absolute atomic E-state index is 0.310. The van der Waals surface area contributed by atoms with E-state index < -0.39 is 0 Å². The third-order valence-electron chi connectivity index (χ3n) is 2.69. The predicted molar refractivity (Wildman–Crippen MR) is 80.5 cm³/mol. The number of hydrogen-bond acceptors (Lipinski definition) is 4. The number of aromatic nitrogens is 1. The highest BCUT2D eigenvalue weighted by molar-refractivity contribution is 9.10. The van der Waals surface area contributed by atoms with E-state index in [0.29, 0.717) is 6.04 Å². The number of rotatable bonds is 5. The van der Waals surface area contributed by atoms with Crippen molar-refractivity contribution in [3.05, 3.63) is 44.8 Å². The van der Waals surface area contributed by atoms with Crippen molar-refractivity contribution in [2.75, 3.05) is 5.73 Å². The highest BCUT2D eigenvalue weighted by Crippen LogP contribution is 2.21. The molecule has 0 radical (unpaired) electrons. The van der Waals surface area contributed by atoms with E-state index in [2.05, 4.69) is 39.2 Å². The summed E-state index contributed by atoms with van der Waals surface area (Å²) in [6, 6.07) is 6.29. The average Bonchev–Trinajstić information content (AvgIpc) is 2.82. The van der Waals surface area contributed by atoms with Gasteiger partial charge in [-0.25, -0.2) is 4.98 Å². The molecule has 0 aliphatic heterocycles. The molecule has 0 spiro atoms. The van der Waals surface area contributed by atoms with Crippen molar-refractivity contribution in [1.82, 2.24) is 10.3 Å². The molecular weight excluding hydrogens is 310 g/mol. The molecule has 0 amide bonds. The zero-order valence-electron chi connectivity index (χ0n) is 10.2. The summed E-state index contributed by atoms with van der Waals surface area (Å²) in [5.74, 6) is 0. The monoisotopic (exact) mass is 325 g/mol. The molecule has 96 valence electrons. The summed E-state index contributed by atoms with van der Waals surface area (Å²) in [5, 5.41) is 6.66. The number of nitrogens with zero attached hydrogens (tertiary/aromatic N) is 1. The standard InChI is InChI=1S/C13H16BrN3S/c1-2-12(13-16-3-4-18-13)17-8-9-5-10(14)7-11(15)6-9/h3-7,12,17H,2,8,15H2,1H3. The Hall–Kier alpha value is -0.910. The van der Waals surface area contributed by atoms with Crippen LogP contribution < -0.4 is 11.1 Å². The maximum absolute atomic E-state index is 5.82. The van der Waals surface area contributed by atoms with Crippen LogP contribution in [-0.2, 0) is 6.54 Å². The van der Waals surface area contributed by atoms with Gasteiger partial charge in [0.05, 0.1) is 6.04 Å². The largest absolute Gasteiger partial charge is 0.399 e. The highest BCUT2D eigenvalue weighted by Gasteiger charge is 2.11. The van der Waals surface area contributed by atoms with E-state index in [-0.39, 0.29) is 0 Å². The second-order valence-corrected chi connectivity index (χ2v) is 5.95. The quantitative estimate of drug-likeness (QED) is 0.823. The highest BCUT2D eigenvalue weighted by atomic mass is 79.9. The van der Waals surface area contributed by atoms with Gasteiger partial charge in [0.2, 0.25) is 0 Å². The molecule has 0 bridgehead atoms. The fourth-order valence-corrected chi connectivity index (χ4v) is 3.19. The van der Waals surface area contributed by atoms with Gasteiger partial charge in [0, 0.05) is 28.3 Å². The van der Waals surface area contributed by atoms with Gasteiger partial charge < -0.3 is 11.1 Å². The number of thiazole rings is 1. The van der Waals surface area contributed by atoms with Crippen molar-refractivity contribution in [2.45, 2.75) is 25.9 Å². The van der Waals surface area contributed by atoms with Gasteiger partial charge in [-0.05, 0) is 30.2 Å². The van der Waals surface area contributed by atoms with Gasteiger partial charge in [-0.2, -0.15) is 0 Å². The molecule has 5 heteroatoms. The smallest absolute Gasteiger partial charge is 0.109 e. The maximum atomic E-state index is 5.82. The van der Waals surface area contributed by atoms with Crippen LogP contribution in [-0.4, -0.2) is 4.98 Å². The topological polar surface area (TPSA) is 50.9 Å². The van der Waals surface area contributed by atoms with Crippen LogP contribution in [0.3, 0.4) is 0 Å². The Morgan fingerprint density at radius 3 is 2.89 bits per heavy atom. The summed E-state index contributed by atoms with van der Waals surface area (Å²) >= 11 is 5.15. The van der Waals surface area contributed by atoms with Gasteiger partial charge in [0.15, 0.2) is 0 Å². The molecule has 0 saturated heterocycles.